The Hall–Kier alpha value is -1.62. The van der Waals surface area contributed by atoms with Gasteiger partial charge in [-0.3, -0.25) is 0 Å². The molecule has 3 rings (SSSR count). The van der Waals surface area contributed by atoms with Crippen molar-refractivity contribution in [3.8, 4) is 0 Å². The van der Waals surface area contributed by atoms with Crippen molar-refractivity contribution >= 4 is 27.6 Å². The maximum atomic E-state index is 12.6. The van der Waals surface area contributed by atoms with Crippen LogP contribution < -0.4 is 0 Å². The molecule has 1 aromatic carbocycles. The minimum atomic E-state index is -0.471. The summed E-state index contributed by atoms with van der Waals surface area (Å²) < 4.78 is 6.81. The molecule has 0 N–H and O–H groups in total. The van der Waals surface area contributed by atoms with Gasteiger partial charge in [-0.1, -0.05) is 13.0 Å². The molecular weight excluding hydrogens is 308 g/mol. The number of rotatable bonds is 1. The highest BCUT2D eigenvalue weighted by Gasteiger charge is 2.34. The van der Waals surface area contributed by atoms with E-state index >= 15 is 0 Å². The standard InChI is InChI=1S/C18H24N2O2S/c1-12-5-7-15(20(10-12)17(21)22-18(2,3)4)13-6-8-16-14(9-13)19-11-23-16/h6,8-9,11-12,15H,5,7,10H2,1-4H3/t12-,15+/m0/s1. The highest BCUT2D eigenvalue weighted by Crippen LogP contribution is 2.35. The molecule has 1 saturated heterocycles. The molecule has 0 spiro atoms. The van der Waals surface area contributed by atoms with Gasteiger partial charge in [0, 0.05) is 6.54 Å². The quantitative estimate of drug-likeness (QED) is 0.737. The highest BCUT2D eigenvalue weighted by atomic mass is 32.1. The van der Waals surface area contributed by atoms with Crippen molar-refractivity contribution in [1.82, 2.24) is 9.88 Å². The minimum Gasteiger partial charge on any atom is -0.444 e. The second kappa shape index (κ2) is 6.11. The Morgan fingerprint density at radius 1 is 1.35 bits per heavy atom. The number of amides is 1. The molecule has 2 atom stereocenters. The van der Waals surface area contributed by atoms with Crippen LogP contribution in [0.5, 0.6) is 0 Å². The van der Waals surface area contributed by atoms with Crippen molar-refractivity contribution in [2.24, 2.45) is 5.92 Å². The summed E-state index contributed by atoms with van der Waals surface area (Å²) in [6.07, 6.45) is 1.88. The van der Waals surface area contributed by atoms with Crippen molar-refractivity contribution in [2.45, 2.75) is 52.2 Å². The van der Waals surface area contributed by atoms with E-state index in [1.165, 1.54) is 4.70 Å². The maximum Gasteiger partial charge on any atom is 0.410 e. The van der Waals surface area contributed by atoms with Crippen LogP contribution in [-0.2, 0) is 4.74 Å². The van der Waals surface area contributed by atoms with Gasteiger partial charge in [0.25, 0.3) is 0 Å². The van der Waals surface area contributed by atoms with Crippen molar-refractivity contribution in [3.05, 3.63) is 29.3 Å². The fourth-order valence-corrected chi connectivity index (χ4v) is 3.76. The third-order valence-corrected chi connectivity index (χ3v) is 4.99. The first-order valence-corrected chi connectivity index (χ1v) is 9.04. The van der Waals surface area contributed by atoms with Crippen molar-refractivity contribution in [3.63, 3.8) is 0 Å². The van der Waals surface area contributed by atoms with Gasteiger partial charge in [0.05, 0.1) is 21.8 Å². The van der Waals surface area contributed by atoms with E-state index in [0.717, 1.165) is 30.5 Å². The second-order valence-corrected chi connectivity index (χ2v) is 8.30. The van der Waals surface area contributed by atoms with Crippen LogP contribution in [0.1, 0.15) is 52.1 Å². The number of hydrogen-bond acceptors (Lipinski definition) is 4. The zero-order chi connectivity index (χ0) is 16.6. The summed E-state index contributed by atoms with van der Waals surface area (Å²) in [5.41, 5.74) is 3.56. The minimum absolute atomic E-state index is 0.0761. The van der Waals surface area contributed by atoms with Gasteiger partial charge in [-0.25, -0.2) is 9.78 Å². The van der Waals surface area contributed by atoms with Crippen molar-refractivity contribution in [1.29, 1.82) is 0 Å². The number of carbonyl (C=O) groups is 1. The Balaban J connectivity index is 1.89. The first-order chi connectivity index (χ1) is 10.8. The Kier molecular flexibility index (Phi) is 4.32. The Bertz CT molecular complexity index is 704. The third kappa shape index (κ3) is 3.66. The van der Waals surface area contributed by atoms with Gasteiger partial charge < -0.3 is 9.64 Å². The van der Waals surface area contributed by atoms with Crippen LogP contribution >= 0.6 is 11.3 Å². The van der Waals surface area contributed by atoms with Crippen molar-refractivity contribution in [2.75, 3.05) is 6.54 Å². The van der Waals surface area contributed by atoms with Crippen LogP contribution in [0.15, 0.2) is 23.7 Å². The molecule has 0 radical (unpaired) electrons. The highest BCUT2D eigenvalue weighted by molar-refractivity contribution is 7.16. The van der Waals surface area contributed by atoms with Gasteiger partial charge in [-0.15, -0.1) is 11.3 Å². The lowest BCUT2D eigenvalue weighted by Gasteiger charge is -2.39. The third-order valence-electron chi connectivity index (χ3n) is 4.18. The van der Waals surface area contributed by atoms with Gasteiger partial charge in [-0.2, -0.15) is 0 Å². The van der Waals surface area contributed by atoms with E-state index in [1.807, 2.05) is 31.2 Å². The Morgan fingerprint density at radius 2 is 2.13 bits per heavy atom. The number of aromatic nitrogens is 1. The van der Waals surface area contributed by atoms with Crippen LogP contribution in [0.3, 0.4) is 0 Å². The summed E-state index contributed by atoms with van der Waals surface area (Å²) in [5, 5.41) is 0. The molecule has 1 aliphatic heterocycles. The van der Waals surface area contributed by atoms with E-state index < -0.39 is 5.60 Å². The van der Waals surface area contributed by atoms with Gasteiger partial charge in [0.1, 0.15) is 5.60 Å². The smallest absolute Gasteiger partial charge is 0.410 e. The zero-order valence-corrected chi connectivity index (χ0v) is 15.0. The lowest BCUT2D eigenvalue weighted by molar-refractivity contribution is 0.00365. The average molecular weight is 332 g/mol. The van der Waals surface area contributed by atoms with Crippen LogP contribution in [-0.4, -0.2) is 28.1 Å². The number of likely N-dealkylation sites (tertiary alicyclic amines) is 1. The molecule has 2 heterocycles. The number of ether oxygens (including phenoxy) is 1. The molecule has 23 heavy (non-hydrogen) atoms. The number of nitrogens with zero attached hydrogens (tertiary/aromatic N) is 2. The van der Waals surface area contributed by atoms with Crippen LogP contribution in [0.2, 0.25) is 0 Å². The molecule has 124 valence electrons. The van der Waals surface area contributed by atoms with E-state index in [0.29, 0.717) is 5.92 Å². The lowest BCUT2D eigenvalue weighted by atomic mass is 9.90. The maximum absolute atomic E-state index is 12.6. The molecular formula is C18H24N2O2S. The van der Waals surface area contributed by atoms with Crippen LogP contribution in [0.4, 0.5) is 4.79 Å². The van der Waals surface area contributed by atoms with E-state index in [9.17, 15) is 4.79 Å². The summed E-state index contributed by atoms with van der Waals surface area (Å²) in [6.45, 7) is 8.67. The summed E-state index contributed by atoms with van der Waals surface area (Å²) in [4.78, 5) is 18.9. The van der Waals surface area contributed by atoms with Gasteiger partial charge in [0.15, 0.2) is 0 Å². The first kappa shape index (κ1) is 16.2. The summed E-state index contributed by atoms with van der Waals surface area (Å²) >= 11 is 1.64. The number of benzene rings is 1. The predicted octanol–water partition coefficient (Wildman–Crippen LogP) is 5.00. The molecule has 4 nitrogen and oxygen atoms in total. The molecule has 1 fully saturated rings. The summed E-state index contributed by atoms with van der Waals surface area (Å²) in [5.74, 6) is 0.502. The fraction of sp³-hybridized carbons (Fsp3) is 0.556. The van der Waals surface area contributed by atoms with Crippen LogP contribution in [0, 0.1) is 5.92 Å². The van der Waals surface area contributed by atoms with Gasteiger partial charge >= 0.3 is 6.09 Å². The topological polar surface area (TPSA) is 42.4 Å². The fourth-order valence-electron chi connectivity index (χ4n) is 3.10. The Morgan fingerprint density at radius 3 is 2.87 bits per heavy atom. The number of piperidine rings is 1. The SMILES string of the molecule is C[C@H]1CC[C@H](c2ccc3scnc3c2)N(C(=O)OC(C)(C)C)C1. The monoisotopic (exact) mass is 332 g/mol. The zero-order valence-electron chi connectivity index (χ0n) is 14.2. The van der Waals surface area contributed by atoms with Gasteiger partial charge in [-0.05, 0) is 57.2 Å². The lowest BCUT2D eigenvalue weighted by Crippen LogP contribution is -2.44. The molecule has 0 bridgehead atoms. The van der Waals surface area contributed by atoms with E-state index in [4.69, 9.17) is 4.74 Å². The molecule has 2 aromatic rings. The molecule has 1 aromatic heterocycles. The van der Waals surface area contributed by atoms with E-state index in [1.54, 1.807) is 11.3 Å². The molecule has 1 aliphatic rings. The number of hydrogen-bond donors (Lipinski definition) is 0. The van der Waals surface area contributed by atoms with E-state index in [2.05, 4.69) is 30.1 Å². The molecule has 0 aliphatic carbocycles. The molecule has 0 saturated carbocycles. The molecule has 5 heteroatoms. The Labute approximate surface area is 141 Å². The molecule has 0 unspecified atom stereocenters. The molecule has 1 amide bonds. The number of fused-ring (bicyclic) bond motifs is 1. The van der Waals surface area contributed by atoms with Gasteiger partial charge in [0.2, 0.25) is 0 Å². The number of thiazole rings is 1. The second-order valence-electron chi connectivity index (χ2n) is 7.41. The predicted molar refractivity (Wildman–Crippen MR) is 93.7 cm³/mol. The van der Waals surface area contributed by atoms with Crippen molar-refractivity contribution < 1.29 is 9.53 Å². The largest absolute Gasteiger partial charge is 0.444 e. The van der Waals surface area contributed by atoms with E-state index in [-0.39, 0.29) is 12.1 Å². The normalized spacial score (nSPS) is 22.3. The summed E-state index contributed by atoms with van der Waals surface area (Å²) in [7, 11) is 0. The average Bonchev–Trinajstić information content (AvgIpc) is 2.92. The summed E-state index contributed by atoms with van der Waals surface area (Å²) in [6, 6.07) is 6.42. The van der Waals surface area contributed by atoms with Crippen LogP contribution in [0.25, 0.3) is 10.2 Å². The first-order valence-electron chi connectivity index (χ1n) is 8.16. The number of carbonyl (C=O) groups excluding carboxylic acids is 1.